The second-order valence-corrected chi connectivity index (χ2v) is 7.09. The van der Waals surface area contributed by atoms with Gasteiger partial charge in [-0.1, -0.05) is 32.0 Å². The van der Waals surface area contributed by atoms with Gasteiger partial charge >= 0.3 is 0 Å². The molecule has 1 aromatic rings. The molecule has 0 aliphatic carbocycles. The van der Waals surface area contributed by atoms with Crippen LogP contribution in [0.4, 0.5) is 0 Å². The largest absolute Gasteiger partial charge is 0.381 e. The second kappa shape index (κ2) is 9.15. The summed E-state index contributed by atoms with van der Waals surface area (Å²) >= 11 is 0. The summed E-state index contributed by atoms with van der Waals surface area (Å²) in [4.78, 5) is 0.336. The van der Waals surface area contributed by atoms with Crippen molar-refractivity contribution in [1.82, 2.24) is 10.0 Å². The lowest BCUT2D eigenvalue weighted by atomic mass is 10.2. The number of ether oxygens (including phenoxy) is 1. The third-order valence-electron chi connectivity index (χ3n) is 2.84. The highest BCUT2D eigenvalue weighted by Crippen LogP contribution is 2.14. The van der Waals surface area contributed by atoms with Gasteiger partial charge in [-0.3, -0.25) is 0 Å². The van der Waals surface area contributed by atoms with E-state index in [1.165, 1.54) is 0 Å². The highest BCUT2D eigenvalue weighted by Gasteiger charge is 2.16. The van der Waals surface area contributed by atoms with E-state index >= 15 is 0 Å². The smallest absolute Gasteiger partial charge is 0.240 e. The van der Waals surface area contributed by atoms with Gasteiger partial charge < -0.3 is 10.1 Å². The van der Waals surface area contributed by atoms with E-state index in [1.807, 2.05) is 12.1 Å². The Balaban J connectivity index is 2.50. The molecule has 0 atom stereocenters. The topological polar surface area (TPSA) is 67.4 Å². The lowest BCUT2D eigenvalue weighted by molar-refractivity contribution is 0.108. The summed E-state index contributed by atoms with van der Waals surface area (Å²) in [6.45, 7) is 6.35. The number of rotatable bonds is 10. The van der Waals surface area contributed by atoms with E-state index in [2.05, 4.69) is 23.9 Å². The van der Waals surface area contributed by atoms with Crippen LogP contribution in [0.15, 0.2) is 29.2 Å². The molecular formula is C15H26N2O3S. The summed E-state index contributed by atoms with van der Waals surface area (Å²) in [5.41, 5.74) is 0.767. The van der Waals surface area contributed by atoms with Crippen molar-refractivity contribution >= 4 is 10.0 Å². The molecule has 21 heavy (non-hydrogen) atoms. The molecule has 0 radical (unpaired) electrons. The highest BCUT2D eigenvalue weighted by atomic mass is 32.2. The number of benzene rings is 1. The monoisotopic (exact) mass is 314 g/mol. The Kier molecular flexibility index (Phi) is 7.88. The average Bonchev–Trinajstić information content (AvgIpc) is 2.43. The van der Waals surface area contributed by atoms with Gasteiger partial charge in [0.25, 0.3) is 0 Å². The van der Waals surface area contributed by atoms with Crippen molar-refractivity contribution in [2.75, 3.05) is 26.8 Å². The van der Waals surface area contributed by atoms with Crippen LogP contribution in [0.2, 0.25) is 0 Å². The zero-order valence-electron chi connectivity index (χ0n) is 13.1. The molecule has 0 aliphatic rings. The maximum atomic E-state index is 12.3. The first kappa shape index (κ1) is 18.1. The quantitative estimate of drug-likeness (QED) is 0.646. The fraction of sp³-hybridized carbons (Fsp3) is 0.600. The fourth-order valence-corrected chi connectivity index (χ4v) is 3.19. The van der Waals surface area contributed by atoms with Gasteiger partial charge in [0.15, 0.2) is 0 Å². The van der Waals surface area contributed by atoms with Crippen LogP contribution in [-0.4, -0.2) is 35.2 Å². The molecule has 6 heteroatoms. The van der Waals surface area contributed by atoms with Gasteiger partial charge in [-0.2, -0.15) is 0 Å². The predicted molar refractivity (Wildman–Crippen MR) is 84.7 cm³/mol. The molecule has 120 valence electrons. The molecule has 0 spiro atoms. The first-order chi connectivity index (χ1) is 9.97. The maximum Gasteiger partial charge on any atom is 0.240 e. The van der Waals surface area contributed by atoms with Gasteiger partial charge in [0.1, 0.15) is 0 Å². The zero-order valence-corrected chi connectivity index (χ0v) is 13.9. The second-order valence-electron chi connectivity index (χ2n) is 5.36. The summed E-state index contributed by atoms with van der Waals surface area (Å²) in [5, 5.41) is 2.98. The van der Waals surface area contributed by atoms with Crippen LogP contribution in [0.25, 0.3) is 0 Å². The van der Waals surface area contributed by atoms with Crippen molar-refractivity contribution in [3.63, 3.8) is 0 Å². The molecule has 5 nitrogen and oxygen atoms in total. The molecule has 1 rings (SSSR count). The lowest BCUT2D eigenvalue weighted by Gasteiger charge is -2.11. The Hall–Kier alpha value is -0.950. The molecule has 0 bridgehead atoms. The van der Waals surface area contributed by atoms with Crippen molar-refractivity contribution in [2.24, 2.45) is 5.92 Å². The average molecular weight is 314 g/mol. The first-order valence-corrected chi connectivity index (χ1v) is 8.75. The van der Waals surface area contributed by atoms with Crippen molar-refractivity contribution in [1.29, 1.82) is 0 Å². The first-order valence-electron chi connectivity index (χ1n) is 7.27. The van der Waals surface area contributed by atoms with Gasteiger partial charge in [0.2, 0.25) is 10.0 Å². The summed E-state index contributed by atoms with van der Waals surface area (Å²) in [7, 11) is -1.67. The van der Waals surface area contributed by atoms with E-state index in [9.17, 15) is 8.42 Å². The Morgan fingerprint density at radius 2 is 1.95 bits per heavy atom. The molecule has 0 fully saturated rings. The standard InChI is InChI=1S/C15H26N2O3S/c1-13(2)12-20-10-6-9-17-21(18,19)15-8-5-4-7-14(15)11-16-3/h4-5,7-8,13,16-17H,6,9-12H2,1-3H3. The molecule has 1 aromatic carbocycles. The van der Waals surface area contributed by atoms with Crippen LogP contribution < -0.4 is 10.0 Å². The van der Waals surface area contributed by atoms with Crippen LogP contribution in [0.5, 0.6) is 0 Å². The zero-order chi connectivity index (χ0) is 15.7. The van der Waals surface area contributed by atoms with Crippen LogP contribution in [0, 0.1) is 5.92 Å². The Morgan fingerprint density at radius 3 is 2.62 bits per heavy atom. The summed E-state index contributed by atoms with van der Waals surface area (Å²) in [5.74, 6) is 0.495. The summed E-state index contributed by atoms with van der Waals surface area (Å²) in [6.07, 6.45) is 0.667. The van der Waals surface area contributed by atoms with Gasteiger partial charge in [0.05, 0.1) is 4.90 Å². The minimum Gasteiger partial charge on any atom is -0.381 e. The minimum atomic E-state index is -3.46. The van der Waals surface area contributed by atoms with Crippen molar-refractivity contribution in [3.8, 4) is 0 Å². The highest BCUT2D eigenvalue weighted by molar-refractivity contribution is 7.89. The maximum absolute atomic E-state index is 12.3. The van der Waals surface area contributed by atoms with E-state index in [0.29, 0.717) is 43.5 Å². The number of nitrogens with one attached hydrogen (secondary N) is 2. The molecule has 0 aliphatic heterocycles. The third-order valence-corrected chi connectivity index (χ3v) is 4.40. The fourth-order valence-electron chi connectivity index (χ4n) is 1.88. The Morgan fingerprint density at radius 1 is 1.24 bits per heavy atom. The van der Waals surface area contributed by atoms with Gasteiger partial charge in [-0.15, -0.1) is 0 Å². The molecule has 2 N–H and O–H groups in total. The van der Waals surface area contributed by atoms with Crippen LogP contribution >= 0.6 is 0 Å². The Bertz CT molecular complexity index is 515. The van der Waals surface area contributed by atoms with Crippen molar-refractivity contribution in [3.05, 3.63) is 29.8 Å². The molecular weight excluding hydrogens is 288 g/mol. The molecule has 0 saturated heterocycles. The molecule has 0 heterocycles. The molecule has 0 saturated carbocycles. The van der Waals surface area contributed by atoms with E-state index in [-0.39, 0.29) is 0 Å². The molecule has 0 amide bonds. The van der Waals surface area contributed by atoms with Crippen LogP contribution in [-0.2, 0) is 21.3 Å². The Labute approximate surface area is 128 Å². The number of hydrogen-bond acceptors (Lipinski definition) is 4. The summed E-state index contributed by atoms with van der Waals surface area (Å²) in [6, 6.07) is 7.02. The SMILES string of the molecule is CNCc1ccccc1S(=O)(=O)NCCCOCC(C)C. The number of hydrogen-bond donors (Lipinski definition) is 2. The van der Waals surface area contributed by atoms with E-state index in [4.69, 9.17) is 4.74 Å². The van der Waals surface area contributed by atoms with Gasteiger partial charge in [0, 0.05) is 26.3 Å². The normalized spacial score (nSPS) is 12.0. The van der Waals surface area contributed by atoms with E-state index < -0.39 is 10.0 Å². The van der Waals surface area contributed by atoms with Gasteiger partial charge in [-0.05, 0) is 31.0 Å². The van der Waals surface area contributed by atoms with Gasteiger partial charge in [-0.25, -0.2) is 13.1 Å². The summed E-state index contributed by atoms with van der Waals surface area (Å²) < 4.78 is 32.6. The predicted octanol–water partition coefficient (Wildman–Crippen LogP) is 1.75. The molecule has 0 unspecified atom stereocenters. The minimum absolute atomic E-state index is 0.336. The van der Waals surface area contributed by atoms with E-state index in [0.717, 1.165) is 5.56 Å². The molecule has 0 aromatic heterocycles. The van der Waals surface area contributed by atoms with Crippen LogP contribution in [0.1, 0.15) is 25.8 Å². The van der Waals surface area contributed by atoms with Crippen molar-refractivity contribution < 1.29 is 13.2 Å². The third kappa shape index (κ3) is 6.56. The van der Waals surface area contributed by atoms with Crippen molar-refractivity contribution in [2.45, 2.75) is 31.7 Å². The lowest BCUT2D eigenvalue weighted by Crippen LogP contribution is -2.27. The van der Waals surface area contributed by atoms with E-state index in [1.54, 1.807) is 19.2 Å². The number of sulfonamides is 1. The van der Waals surface area contributed by atoms with Crippen LogP contribution in [0.3, 0.4) is 0 Å².